The Kier molecular flexibility index (Phi) is 13.9. The standard InChI is InChI=1S/C34H47N3O4/c1-26-31(38)29-22-16-17-23-30(29)34(41)37(33(40)28-20-14-13-15-21-28)32(39)27(2)36-25-19-12-10-8-6-4-3-5-7-9-11-18-24-35-26/h13-17,20-23,26-27,35-36H,3-12,18-19,24-25H2,1-2H3. The van der Waals surface area contributed by atoms with Gasteiger partial charge in [0.1, 0.15) is 0 Å². The first kappa shape index (κ1) is 32.4. The van der Waals surface area contributed by atoms with E-state index in [9.17, 15) is 19.2 Å². The Hall–Kier alpha value is -3.16. The Bertz CT molecular complexity index is 1130. The number of benzene rings is 2. The number of imide groups is 3. The summed E-state index contributed by atoms with van der Waals surface area (Å²) in [6, 6.07) is 13.5. The number of nitrogens with one attached hydrogen (secondary N) is 2. The zero-order valence-electron chi connectivity index (χ0n) is 24.8. The van der Waals surface area contributed by atoms with Crippen LogP contribution in [-0.2, 0) is 4.79 Å². The van der Waals surface area contributed by atoms with Gasteiger partial charge in [-0.15, -0.1) is 0 Å². The average molecular weight is 562 g/mol. The highest BCUT2D eigenvalue weighted by atomic mass is 16.2. The van der Waals surface area contributed by atoms with E-state index in [0.717, 1.165) is 32.1 Å². The Morgan fingerprint density at radius 1 is 0.610 bits per heavy atom. The quantitative estimate of drug-likeness (QED) is 0.395. The first-order valence-corrected chi connectivity index (χ1v) is 15.5. The zero-order valence-corrected chi connectivity index (χ0v) is 24.8. The lowest BCUT2D eigenvalue weighted by Gasteiger charge is -2.24. The predicted molar refractivity (Wildman–Crippen MR) is 163 cm³/mol. The molecule has 1 heterocycles. The van der Waals surface area contributed by atoms with Gasteiger partial charge in [0.05, 0.1) is 17.6 Å². The monoisotopic (exact) mass is 561 g/mol. The maximum atomic E-state index is 14.0. The van der Waals surface area contributed by atoms with Crippen LogP contribution in [0.1, 0.15) is 122 Å². The highest BCUT2D eigenvalue weighted by Gasteiger charge is 2.35. The lowest BCUT2D eigenvalue weighted by Crippen LogP contribution is -2.51. The summed E-state index contributed by atoms with van der Waals surface area (Å²) in [5.41, 5.74) is 0.477. The number of Topliss-reactive ketones (excluding diaryl/α,β-unsaturated/α-hetero) is 1. The van der Waals surface area contributed by atoms with Crippen LogP contribution in [-0.4, -0.2) is 53.6 Å². The summed E-state index contributed by atoms with van der Waals surface area (Å²) in [6.07, 6.45) is 14.1. The minimum atomic E-state index is -0.789. The van der Waals surface area contributed by atoms with Gasteiger partial charge in [0.15, 0.2) is 5.78 Å². The molecule has 0 aliphatic carbocycles. The van der Waals surface area contributed by atoms with Gasteiger partial charge >= 0.3 is 0 Å². The van der Waals surface area contributed by atoms with Gasteiger partial charge in [-0.05, 0) is 58.0 Å². The molecule has 2 aromatic carbocycles. The molecule has 0 spiro atoms. The normalized spacial score (nSPS) is 22.0. The largest absolute Gasteiger partial charge is 0.307 e. The molecule has 222 valence electrons. The number of carbonyl (C=O) groups is 4. The molecule has 0 saturated heterocycles. The smallest absolute Gasteiger partial charge is 0.268 e. The highest BCUT2D eigenvalue weighted by Crippen LogP contribution is 2.18. The molecule has 1 aliphatic rings. The molecular formula is C34H47N3O4. The van der Waals surface area contributed by atoms with Crippen molar-refractivity contribution in [1.82, 2.24) is 15.5 Å². The number of rotatable bonds is 1. The van der Waals surface area contributed by atoms with E-state index in [-0.39, 0.29) is 22.5 Å². The van der Waals surface area contributed by atoms with Gasteiger partial charge < -0.3 is 10.6 Å². The van der Waals surface area contributed by atoms with E-state index in [1.807, 2.05) is 0 Å². The fourth-order valence-electron chi connectivity index (χ4n) is 5.27. The van der Waals surface area contributed by atoms with Crippen LogP contribution in [0.3, 0.4) is 0 Å². The van der Waals surface area contributed by atoms with Crippen molar-refractivity contribution in [3.05, 3.63) is 71.3 Å². The molecule has 3 amide bonds. The van der Waals surface area contributed by atoms with Crippen molar-refractivity contribution < 1.29 is 19.2 Å². The van der Waals surface area contributed by atoms with E-state index in [0.29, 0.717) is 18.0 Å². The van der Waals surface area contributed by atoms with Crippen molar-refractivity contribution in [1.29, 1.82) is 0 Å². The molecule has 2 N–H and O–H groups in total. The van der Waals surface area contributed by atoms with Crippen LogP contribution in [0.5, 0.6) is 0 Å². The van der Waals surface area contributed by atoms with Crippen molar-refractivity contribution in [3.8, 4) is 0 Å². The van der Waals surface area contributed by atoms with Crippen LogP contribution in [0.4, 0.5) is 0 Å². The van der Waals surface area contributed by atoms with Crippen molar-refractivity contribution >= 4 is 23.5 Å². The zero-order chi connectivity index (χ0) is 29.5. The van der Waals surface area contributed by atoms with Crippen molar-refractivity contribution in [2.24, 2.45) is 0 Å². The van der Waals surface area contributed by atoms with Crippen LogP contribution in [0.2, 0.25) is 0 Å². The fraction of sp³-hybridized carbons (Fsp3) is 0.529. The van der Waals surface area contributed by atoms with Gasteiger partial charge in [0.25, 0.3) is 17.7 Å². The number of hydrogen-bond acceptors (Lipinski definition) is 6. The van der Waals surface area contributed by atoms with Gasteiger partial charge in [-0.25, -0.2) is 4.90 Å². The van der Waals surface area contributed by atoms with Crippen molar-refractivity contribution in [3.63, 3.8) is 0 Å². The molecule has 2 aromatic rings. The van der Waals surface area contributed by atoms with E-state index >= 15 is 0 Å². The minimum absolute atomic E-state index is 0.0467. The van der Waals surface area contributed by atoms with Crippen LogP contribution in [0, 0.1) is 0 Å². The summed E-state index contributed by atoms with van der Waals surface area (Å²) in [5.74, 6) is -2.37. The maximum Gasteiger partial charge on any atom is 0.268 e. The molecule has 0 fully saturated rings. The lowest BCUT2D eigenvalue weighted by molar-refractivity contribution is -0.128. The second kappa shape index (κ2) is 17.6. The average Bonchev–Trinajstić information content (AvgIpc) is 3.00. The third-order valence-corrected chi connectivity index (χ3v) is 7.84. The molecular weight excluding hydrogens is 514 g/mol. The number of fused-ring (bicyclic) bond motifs is 1. The van der Waals surface area contributed by atoms with Gasteiger partial charge in [0.2, 0.25) is 0 Å². The van der Waals surface area contributed by atoms with Gasteiger partial charge in [-0.3, -0.25) is 19.2 Å². The van der Waals surface area contributed by atoms with E-state index in [4.69, 9.17) is 0 Å². The molecule has 7 heteroatoms. The topological polar surface area (TPSA) is 95.6 Å². The molecule has 1 aliphatic heterocycles. The fourth-order valence-corrected chi connectivity index (χ4v) is 5.27. The SMILES string of the molecule is CC1NCCCCCCCCCCCCCCNC(C)C(=O)N(C(=O)c2ccccc2)C(=O)c2ccccc2C1=O. The number of amides is 3. The van der Waals surface area contributed by atoms with Gasteiger partial charge in [0, 0.05) is 11.1 Å². The molecule has 0 radical (unpaired) electrons. The summed E-state index contributed by atoms with van der Waals surface area (Å²) in [4.78, 5) is 55.4. The summed E-state index contributed by atoms with van der Waals surface area (Å²) in [7, 11) is 0. The first-order chi connectivity index (χ1) is 19.9. The highest BCUT2D eigenvalue weighted by molar-refractivity contribution is 6.23. The summed E-state index contributed by atoms with van der Waals surface area (Å²) in [6.45, 7) is 4.79. The Morgan fingerprint density at radius 2 is 1.05 bits per heavy atom. The molecule has 0 bridgehead atoms. The summed E-state index contributed by atoms with van der Waals surface area (Å²) in [5, 5.41) is 6.50. The maximum absolute atomic E-state index is 14.0. The Morgan fingerprint density at radius 3 is 1.59 bits per heavy atom. The third kappa shape index (κ3) is 10.0. The molecule has 7 nitrogen and oxygen atoms in total. The second-order valence-corrected chi connectivity index (χ2v) is 11.2. The van der Waals surface area contributed by atoms with Crippen molar-refractivity contribution in [2.45, 2.75) is 103 Å². The van der Waals surface area contributed by atoms with Crippen LogP contribution < -0.4 is 10.6 Å². The predicted octanol–water partition coefficient (Wildman–Crippen LogP) is 6.33. The number of nitrogens with zero attached hydrogens (tertiary/aromatic N) is 1. The van der Waals surface area contributed by atoms with Crippen LogP contribution in [0.25, 0.3) is 0 Å². The first-order valence-electron chi connectivity index (χ1n) is 15.5. The van der Waals surface area contributed by atoms with Crippen LogP contribution >= 0.6 is 0 Å². The molecule has 41 heavy (non-hydrogen) atoms. The lowest BCUT2D eigenvalue weighted by atomic mass is 9.97. The van der Waals surface area contributed by atoms with E-state index < -0.39 is 29.8 Å². The second-order valence-electron chi connectivity index (χ2n) is 11.2. The van der Waals surface area contributed by atoms with Crippen molar-refractivity contribution in [2.75, 3.05) is 13.1 Å². The van der Waals surface area contributed by atoms with Crippen LogP contribution in [0.15, 0.2) is 54.6 Å². The molecule has 2 unspecified atom stereocenters. The molecule has 0 aromatic heterocycles. The molecule has 2 atom stereocenters. The number of hydrogen-bond donors (Lipinski definition) is 2. The Balaban J connectivity index is 1.85. The number of carbonyl (C=O) groups excluding carboxylic acids is 4. The summed E-state index contributed by atoms with van der Waals surface area (Å²) < 4.78 is 0. The van der Waals surface area contributed by atoms with Gasteiger partial charge in [-0.1, -0.05) is 101 Å². The van der Waals surface area contributed by atoms with E-state index in [1.54, 1.807) is 62.4 Å². The van der Waals surface area contributed by atoms with Gasteiger partial charge in [-0.2, -0.15) is 0 Å². The molecule has 3 rings (SSSR count). The third-order valence-electron chi connectivity index (χ3n) is 7.84. The summed E-state index contributed by atoms with van der Waals surface area (Å²) >= 11 is 0. The van der Waals surface area contributed by atoms with E-state index in [2.05, 4.69) is 10.6 Å². The molecule has 0 saturated carbocycles. The van der Waals surface area contributed by atoms with E-state index in [1.165, 1.54) is 51.0 Å². The Labute approximate surface area is 245 Å². The number of ketones is 1. The minimum Gasteiger partial charge on any atom is -0.307 e.